The maximum absolute atomic E-state index is 13.2. The van der Waals surface area contributed by atoms with Crippen molar-refractivity contribution in [3.63, 3.8) is 0 Å². The average Bonchev–Trinajstić information content (AvgIpc) is 3.06. The molecule has 0 aliphatic heterocycles. The SMILES string of the molecule is O=C(CSc1cn(Cc2ccc(F)cc2)c2ccccc12)c1ccccc1. The van der Waals surface area contributed by atoms with E-state index in [2.05, 4.69) is 22.9 Å². The fourth-order valence-electron chi connectivity index (χ4n) is 3.10. The van der Waals surface area contributed by atoms with Crippen molar-refractivity contribution in [3.8, 4) is 0 Å². The summed E-state index contributed by atoms with van der Waals surface area (Å²) in [6.07, 6.45) is 2.08. The van der Waals surface area contributed by atoms with E-state index in [-0.39, 0.29) is 11.6 Å². The van der Waals surface area contributed by atoms with E-state index in [1.165, 1.54) is 12.1 Å². The van der Waals surface area contributed by atoms with Crippen LogP contribution in [0.4, 0.5) is 4.39 Å². The van der Waals surface area contributed by atoms with Gasteiger partial charge in [-0.05, 0) is 23.8 Å². The van der Waals surface area contributed by atoms with Crippen molar-refractivity contribution < 1.29 is 9.18 Å². The summed E-state index contributed by atoms with van der Waals surface area (Å²) in [5, 5.41) is 1.13. The van der Waals surface area contributed by atoms with E-state index in [0.717, 1.165) is 26.9 Å². The van der Waals surface area contributed by atoms with Gasteiger partial charge in [-0.2, -0.15) is 0 Å². The number of halogens is 1. The summed E-state index contributed by atoms with van der Waals surface area (Å²) in [5.74, 6) is 0.289. The third kappa shape index (κ3) is 3.96. The van der Waals surface area contributed by atoms with Gasteiger partial charge in [-0.25, -0.2) is 4.39 Å². The molecule has 0 spiro atoms. The molecule has 4 rings (SSSR count). The lowest BCUT2D eigenvalue weighted by Crippen LogP contribution is -2.01. The van der Waals surface area contributed by atoms with Gasteiger partial charge in [0.05, 0.1) is 5.75 Å². The summed E-state index contributed by atoms with van der Waals surface area (Å²) in [4.78, 5) is 13.5. The summed E-state index contributed by atoms with van der Waals surface area (Å²) in [6, 6.07) is 24.1. The second-order valence-corrected chi connectivity index (χ2v) is 7.36. The number of carbonyl (C=O) groups is 1. The topological polar surface area (TPSA) is 22.0 Å². The molecule has 1 heterocycles. The Hall–Kier alpha value is -2.85. The normalized spacial score (nSPS) is 11.0. The van der Waals surface area contributed by atoms with Gasteiger partial charge in [0.2, 0.25) is 0 Å². The smallest absolute Gasteiger partial charge is 0.173 e. The molecule has 1 aromatic heterocycles. The summed E-state index contributed by atoms with van der Waals surface area (Å²) in [6.45, 7) is 0.661. The third-order valence-electron chi connectivity index (χ3n) is 4.47. The lowest BCUT2D eigenvalue weighted by molar-refractivity contribution is 0.102. The van der Waals surface area contributed by atoms with Crippen molar-refractivity contribution in [2.45, 2.75) is 11.4 Å². The predicted octanol–water partition coefficient (Wildman–Crippen LogP) is 5.80. The lowest BCUT2D eigenvalue weighted by Gasteiger charge is -2.05. The van der Waals surface area contributed by atoms with Crippen LogP contribution in [-0.2, 0) is 6.54 Å². The molecule has 0 saturated carbocycles. The van der Waals surface area contributed by atoms with E-state index in [1.807, 2.05) is 42.5 Å². The van der Waals surface area contributed by atoms with Crippen LogP contribution < -0.4 is 0 Å². The number of thioether (sulfide) groups is 1. The number of para-hydroxylation sites is 1. The molecule has 0 aliphatic carbocycles. The first kappa shape index (κ1) is 17.6. The van der Waals surface area contributed by atoms with Gasteiger partial charge in [-0.1, -0.05) is 60.7 Å². The second kappa shape index (κ2) is 7.80. The Bertz CT molecular complexity index is 1070. The number of ketones is 1. The Morgan fingerprint density at radius 2 is 1.59 bits per heavy atom. The van der Waals surface area contributed by atoms with Crippen molar-refractivity contribution in [2.24, 2.45) is 0 Å². The van der Waals surface area contributed by atoms with Crippen LogP contribution in [0, 0.1) is 5.82 Å². The quantitative estimate of drug-likeness (QED) is 0.314. The van der Waals surface area contributed by atoms with Crippen LogP contribution in [0.1, 0.15) is 15.9 Å². The highest BCUT2D eigenvalue weighted by molar-refractivity contribution is 8.00. The van der Waals surface area contributed by atoms with Gasteiger partial charge < -0.3 is 4.57 Å². The molecule has 0 aliphatic rings. The van der Waals surface area contributed by atoms with Crippen molar-refractivity contribution >= 4 is 28.4 Å². The van der Waals surface area contributed by atoms with Crippen molar-refractivity contribution in [1.82, 2.24) is 4.57 Å². The molecule has 0 amide bonds. The molecule has 0 bridgehead atoms. The molecule has 0 fully saturated rings. The minimum atomic E-state index is -0.230. The lowest BCUT2D eigenvalue weighted by atomic mass is 10.2. The van der Waals surface area contributed by atoms with Crippen molar-refractivity contribution in [2.75, 3.05) is 5.75 Å². The molecular formula is C23H18FNOS. The number of hydrogen-bond donors (Lipinski definition) is 0. The van der Waals surface area contributed by atoms with Gasteiger partial charge in [0, 0.05) is 34.1 Å². The zero-order valence-corrected chi connectivity index (χ0v) is 15.5. The molecule has 3 aromatic carbocycles. The fourth-order valence-corrected chi connectivity index (χ4v) is 4.08. The van der Waals surface area contributed by atoms with Gasteiger partial charge in [0.25, 0.3) is 0 Å². The number of nitrogens with zero attached hydrogens (tertiary/aromatic N) is 1. The first-order chi connectivity index (χ1) is 13.2. The monoisotopic (exact) mass is 375 g/mol. The third-order valence-corrected chi connectivity index (χ3v) is 5.52. The van der Waals surface area contributed by atoms with E-state index in [1.54, 1.807) is 23.9 Å². The van der Waals surface area contributed by atoms with E-state index in [4.69, 9.17) is 0 Å². The molecular weight excluding hydrogens is 357 g/mol. The maximum atomic E-state index is 13.2. The Labute approximate surface area is 161 Å². The average molecular weight is 375 g/mol. The zero-order chi connectivity index (χ0) is 18.6. The van der Waals surface area contributed by atoms with Crippen molar-refractivity contribution in [3.05, 3.63) is 102 Å². The highest BCUT2D eigenvalue weighted by Crippen LogP contribution is 2.31. The predicted molar refractivity (Wildman–Crippen MR) is 109 cm³/mol. The molecule has 4 heteroatoms. The highest BCUT2D eigenvalue weighted by atomic mass is 32.2. The molecule has 4 aromatic rings. The Kier molecular flexibility index (Phi) is 5.07. The first-order valence-electron chi connectivity index (χ1n) is 8.74. The van der Waals surface area contributed by atoms with Crippen LogP contribution in [0.3, 0.4) is 0 Å². The molecule has 0 radical (unpaired) electrons. The Morgan fingerprint density at radius 3 is 2.37 bits per heavy atom. The van der Waals surface area contributed by atoms with Crippen molar-refractivity contribution in [1.29, 1.82) is 0 Å². The summed E-state index contributed by atoms with van der Waals surface area (Å²) in [7, 11) is 0. The van der Waals surface area contributed by atoms with E-state index in [0.29, 0.717) is 12.3 Å². The van der Waals surface area contributed by atoms with Gasteiger partial charge >= 0.3 is 0 Å². The van der Waals surface area contributed by atoms with E-state index in [9.17, 15) is 9.18 Å². The van der Waals surface area contributed by atoms with Crippen LogP contribution in [0.15, 0.2) is 90.0 Å². The molecule has 0 saturated heterocycles. The molecule has 0 unspecified atom stereocenters. The minimum Gasteiger partial charge on any atom is -0.342 e. The molecule has 134 valence electrons. The number of aromatic nitrogens is 1. The van der Waals surface area contributed by atoms with Gasteiger partial charge in [-0.3, -0.25) is 4.79 Å². The van der Waals surface area contributed by atoms with Gasteiger partial charge in [0.1, 0.15) is 5.82 Å². The number of rotatable bonds is 6. The fraction of sp³-hybridized carbons (Fsp3) is 0.0870. The van der Waals surface area contributed by atoms with E-state index < -0.39 is 0 Å². The maximum Gasteiger partial charge on any atom is 0.173 e. The first-order valence-corrected chi connectivity index (χ1v) is 9.72. The number of carbonyl (C=O) groups excluding carboxylic acids is 1. The van der Waals surface area contributed by atoms with E-state index >= 15 is 0 Å². The van der Waals surface area contributed by atoms with Crippen LogP contribution in [0.2, 0.25) is 0 Å². The second-order valence-electron chi connectivity index (χ2n) is 6.34. The number of Topliss-reactive ketones (excluding diaryl/α,β-unsaturated/α-hetero) is 1. The Balaban J connectivity index is 1.58. The van der Waals surface area contributed by atoms with Crippen LogP contribution in [-0.4, -0.2) is 16.1 Å². The Morgan fingerprint density at radius 1 is 0.889 bits per heavy atom. The number of hydrogen-bond acceptors (Lipinski definition) is 2. The number of fused-ring (bicyclic) bond motifs is 1. The summed E-state index contributed by atoms with van der Waals surface area (Å²) in [5.41, 5.74) is 2.88. The number of benzene rings is 3. The standard InChI is InChI=1S/C23H18FNOS/c24-19-12-10-17(11-13-19)14-25-15-23(20-8-4-5-9-21(20)25)27-16-22(26)18-6-2-1-3-7-18/h1-13,15H,14,16H2. The van der Waals surface area contributed by atoms with Crippen LogP contribution in [0.5, 0.6) is 0 Å². The van der Waals surface area contributed by atoms with Crippen LogP contribution >= 0.6 is 11.8 Å². The molecule has 0 N–H and O–H groups in total. The zero-order valence-electron chi connectivity index (χ0n) is 14.6. The molecule has 0 atom stereocenters. The highest BCUT2D eigenvalue weighted by Gasteiger charge is 2.12. The summed E-state index contributed by atoms with van der Waals surface area (Å²) < 4.78 is 15.3. The minimum absolute atomic E-state index is 0.121. The van der Waals surface area contributed by atoms with Gasteiger partial charge in [-0.15, -0.1) is 11.8 Å². The summed E-state index contributed by atoms with van der Waals surface area (Å²) >= 11 is 1.56. The largest absolute Gasteiger partial charge is 0.342 e. The van der Waals surface area contributed by atoms with Crippen LogP contribution in [0.25, 0.3) is 10.9 Å². The van der Waals surface area contributed by atoms with Gasteiger partial charge in [0.15, 0.2) is 5.78 Å². The molecule has 2 nitrogen and oxygen atoms in total. The molecule has 27 heavy (non-hydrogen) atoms.